The quantitative estimate of drug-likeness (QED) is 0.0828. The fourth-order valence-electron chi connectivity index (χ4n) is 10.4. The van der Waals surface area contributed by atoms with E-state index in [1.54, 1.807) is 0 Å². The molecule has 0 aromatic rings. The molecule has 4 aliphatic rings. The maximum absolute atomic E-state index is 12.8. The minimum Gasteiger partial charge on any atom is -0.462 e. The van der Waals surface area contributed by atoms with Crippen LogP contribution in [0.4, 0.5) is 0 Å². The van der Waals surface area contributed by atoms with Crippen LogP contribution in [0.25, 0.3) is 0 Å². The summed E-state index contributed by atoms with van der Waals surface area (Å²) >= 11 is 0. The number of allylic oxidation sites excluding steroid dienone is 1. The summed E-state index contributed by atoms with van der Waals surface area (Å²) in [6, 6.07) is 0. The zero-order chi connectivity index (χ0) is 33.9. The van der Waals surface area contributed by atoms with Gasteiger partial charge in [0.25, 0.3) is 0 Å². The van der Waals surface area contributed by atoms with Crippen molar-refractivity contribution in [1.29, 1.82) is 0 Å². The summed E-state index contributed by atoms with van der Waals surface area (Å²) in [5.41, 5.74) is 2.20. The van der Waals surface area contributed by atoms with Crippen molar-refractivity contribution < 1.29 is 33.1 Å². The molecule has 3 saturated carbocycles. The van der Waals surface area contributed by atoms with Gasteiger partial charge < -0.3 is 18.7 Å². The highest BCUT2D eigenvalue weighted by molar-refractivity contribution is 5.77. The zero-order valence-corrected chi connectivity index (χ0v) is 30.7. The highest BCUT2D eigenvalue weighted by Crippen LogP contribution is 2.67. The number of carbonyl (C=O) groups excluding carboxylic acids is 3. The summed E-state index contributed by atoms with van der Waals surface area (Å²) in [6.07, 6.45) is 15.5. The van der Waals surface area contributed by atoms with Crippen molar-refractivity contribution in [3.63, 3.8) is 0 Å². The Morgan fingerprint density at radius 1 is 0.935 bits per heavy atom. The Morgan fingerprint density at radius 2 is 1.65 bits per heavy atom. The molecular formula is C39H66NO6+. The molecule has 1 unspecified atom stereocenters. The average Bonchev–Trinajstić information content (AvgIpc) is 3.31. The van der Waals surface area contributed by atoms with E-state index in [0.717, 1.165) is 54.8 Å². The lowest BCUT2D eigenvalue weighted by Gasteiger charge is -2.58. The molecule has 0 heterocycles. The van der Waals surface area contributed by atoms with Gasteiger partial charge in [-0.25, -0.2) is 0 Å². The molecule has 7 nitrogen and oxygen atoms in total. The summed E-state index contributed by atoms with van der Waals surface area (Å²) in [7, 11) is 5.95. The van der Waals surface area contributed by atoms with Crippen molar-refractivity contribution in [2.75, 3.05) is 34.3 Å². The van der Waals surface area contributed by atoms with Crippen molar-refractivity contribution >= 4 is 17.9 Å². The SMILES string of the molecule is CC(=O)OC(COC(=O)CCC(=O)O[C@H]1CC[C@@]2(C)C(=CC[C@H]3[C@@H]4CC[C@H]([C@H](C)CCCC(C)C)[C@@]4(C)CC[C@@H]32)C1)C[N+](C)(C)C. The first kappa shape index (κ1) is 36.9. The van der Waals surface area contributed by atoms with E-state index >= 15 is 0 Å². The number of nitrogens with zero attached hydrogens (tertiary/aromatic N) is 1. The van der Waals surface area contributed by atoms with Crippen molar-refractivity contribution in [1.82, 2.24) is 0 Å². The van der Waals surface area contributed by atoms with Gasteiger partial charge in [0.05, 0.1) is 34.0 Å². The third-order valence-corrected chi connectivity index (χ3v) is 12.6. The molecule has 0 aromatic heterocycles. The van der Waals surface area contributed by atoms with Crippen LogP contribution in [0.3, 0.4) is 0 Å². The largest absolute Gasteiger partial charge is 0.462 e. The molecular weight excluding hydrogens is 578 g/mol. The number of fused-ring (bicyclic) bond motifs is 5. The molecule has 7 heteroatoms. The van der Waals surface area contributed by atoms with E-state index in [1.807, 2.05) is 21.1 Å². The van der Waals surface area contributed by atoms with Crippen LogP contribution >= 0.6 is 0 Å². The first-order valence-electron chi connectivity index (χ1n) is 18.5. The highest BCUT2D eigenvalue weighted by atomic mass is 16.6. The van der Waals surface area contributed by atoms with Crippen LogP contribution in [0.2, 0.25) is 0 Å². The summed E-state index contributed by atoms with van der Waals surface area (Å²) < 4.78 is 17.2. The number of hydrogen-bond acceptors (Lipinski definition) is 6. The number of carbonyl (C=O) groups is 3. The van der Waals surface area contributed by atoms with Crippen molar-refractivity contribution in [3.05, 3.63) is 11.6 Å². The number of ether oxygens (including phenoxy) is 3. The second kappa shape index (κ2) is 15.1. The number of quaternary nitrogens is 1. The first-order valence-corrected chi connectivity index (χ1v) is 18.5. The Hall–Kier alpha value is -1.89. The average molecular weight is 645 g/mol. The lowest BCUT2D eigenvalue weighted by molar-refractivity contribution is -0.873. The van der Waals surface area contributed by atoms with Gasteiger partial charge in [0, 0.05) is 13.3 Å². The highest BCUT2D eigenvalue weighted by Gasteiger charge is 2.59. The molecule has 0 spiro atoms. The molecule has 0 aromatic carbocycles. The Kier molecular flexibility index (Phi) is 12.1. The van der Waals surface area contributed by atoms with Gasteiger partial charge in [-0.2, -0.15) is 0 Å². The van der Waals surface area contributed by atoms with Crippen LogP contribution in [0.1, 0.15) is 125 Å². The van der Waals surface area contributed by atoms with Crippen LogP contribution in [-0.4, -0.2) is 68.9 Å². The predicted octanol–water partition coefficient (Wildman–Crippen LogP) is 7.90. The van der Waals surface area contributed by atoms with Gasteiger partial charge in [-0.3, -0.25) is 14.4 Å². The summed E-state index contributed by atoms with van der Waals surface area (Å²) in [4.78, 5) is 36.6. The van der Waals surface area contributed by atoms with Crippen LogP contribution in [0.5, 0.6) is 0 Å². The fraction of sp³-hybridized carbons (Fsp3) is 0.872. The number of esters is 3. The van der Waals surface area contributed by atoms with Crippen molar-refractivity contribution in [3.8, 4) is 0 Å². The van der Waals surface area contributed by atoms with Crippen LogP contribution < -0.4 is 0 Å². The molecule has 0 aliphatic heterocycles. The van der Waals surface area contributed by atoms with Gasteiger partial charge in [-0.1, -0.05) is 65.5 Å². The molecule has 262 valence electrons. The second-order valence-electron chi connectivity index (χ2n) is 17.5. The molecule has 9 atom stereocenters. The Morgan fingerprint density at radius 3 is 2.33 bits per heavy atom. The van der Waals surface area contributed by atoms with Gasteiger partial charge in [0.2, 0.25) is 0 Å². The molecule has 0 N–H and O–H groups in total. The Labute approximate surface area is 280 Å². The molecule has 0 saturated heterocycles. The topological polar surface area (TPSA) is 78.9 Å². The Bertz CT molecular complexity index is 1110. The maximum atomic E-state index is 12.8. The molecule has 3 fully saturated rings. The summed E-state index contributed by atoms with van der Waals surface area (Å²) in [6.45, 7) is 14.3. The van der Waals surface area contributed by atoms with Crippen molar-refractivity contribution in [2.45, 2.75) is 137 Å². The lowest BCUT2D eigenvalue weighted by atomic mass is 9.47. The molecule has 0 bridgehead atoms. The molecule has 0 radical (unpaired) electrons. The van der Waals surface area contributed by atoms with Gasteiger partial charge >= 0.3 is 17.9 Å². The van der Waals surface area contributed by atoms with E-state index in [1.165, 1.54) is 63.9 Å². The predicted molar refractivity (Wildman–Crippen MR) is 182 cm³/mol. The van der Waals surface area contributed by atoms with Crippen LogP contribution in [-0.2, 0) is 28.6 Å². The summed E-state index contributed by atoms with van der Waals surface area (Å²) in [5.74, 6) is 3.64. The van der Waals surface area contributed by atoms with Gasteiger partial charge in [0.15, 0.2) is 6.10 Å². The summed E-state index contributed by atoms with van der Waals surface area (Å²) in [5, 5.41) is 0. The minimum atomic E-state index is -0.524. The second-order valence-corrected chi connectivity index (χ2v) is 17.5. The number of hydrogen-bond donors (Lipinski definition) is 0. The molecule has 4 aliphatic carbocycles. The number of likely N-dealkylation sites (N-methyl/N-ethyl adjacent to an activating group) is 1. The molecule has 4 rings (SSSR count). The minimum absolute atomic E-state index is 0.00123. The van der Waals surface area contributed by atoms with Crippen molar-refractivity contribution in [2.24, 2.45) is 46.3 Å². The van der Waals surface area contributed by atoms with Gasteiger partial charge in [-0.05, 0) is 91.3 Å². The monoisotopic (exact) mass is 644 g/mol. The van der Waals surface area contributed by atoms with Gasteiger partial charge in [0.1, 0.15) is 19.3 Å². The third kappa shape index (κ3) is 8.96. The van der Waals surface area contributed by atoms with E-state index in [0.29, 0.717) is 16.4 Å². The number of rotatable bonds is 14. The first-order chi connectivity index (χ1) is 21.5. The maximum Gasteiger partial charge on any atom is 0.306 e. The van der Waals surface area contributed by atoms with Crippen LogP contribution in [0.15, 0.2) is 11.6 Å². The fourth-order valence-corrected chi connectivity index (χ4v) is 10.4. The standard InChI is InChI=1S/C39H66NO6/c1-26(2)11-10-12-27(3)33-15-16-34-32-14-13-29-23-30(19-21-38(29,5)35(32)20-22-39(33,34)6)46-37(43)18-17-36(42)44-25-31(45-28(4)41)24-40(7,8)9/h13,26-27,30-35H,10-12,14-25H2,1-9H3/q+1/t27-,30+,31?,32+,33-,34+,35+,38+,39-/m1/s1. The smallest absolute Gasteiger partial charge is 0.306 e. The normalized spacial score (nSPS) is 33.6. The van der Waals surface area contributed by atoms with Crippen LogP contribution in [0, 0.1) is 46.3 Å². The van der Waals surface area contributed by atoms with Gasteiger partial charge in [-0.15, -0.1) is 0 Å². The zero-order valence-electron chi connectivity index (χ0n) is 30.7. The Balaban J connectivity index is 1.26. The lowest BCUT2D eigenvalue weighted by Crippen LogP contribution is -2.51. The van der Waals surface area contributed by atoms with E-state index in [9.17, 15) is 14.4 Å². The van der Waals surface area contributed by atoms with E-state index in [-0.39, 0.29) is 36.9 Å². The van der Waals surface area contributed by atoms with E-state index in [2.05, 4.69) is 40.7 Å². The molecule has 46 heavy (non-hydrogen) atoms. The van der Waals surface area contributed by atoms with E-state index < -0.39 is 18.0 Å². The third-order valence-electron chi connectivity index (χ3n) is 12.6. The molecule has 0 amide bonds. The van der Waals surface area contributed by atoms with E-state index in [4.69, 9.17) is 14.2 Å².